The van der Waals surface area contributed by atoms with E-state index >= 15 is 0 Å². The highest BCUT2D eigenvalue weighted by atomic mass is 16.1. The number of carbonyl (C=O) groups excluding carboxylic acids is 1. The van der Waals surface area contributed by atoms with Crippen LogP contribution in [0.1, 0.15) is 25.7 Å². The zero-order valence-corrected chi connectivity index (χ0v) is 6.42. The van der Waals surface area contributed by atoms with Crippen molar-refractivity contribution in [2.75, 3.05) is 0 Å². The van der Waals surface area contributed by atoms with Crippen LogP contribution in [0.15, 0.2) is 6.08 Å². The van der Waals surface area contributed by atoms with Crippen LogP contribution in [0.4, 0.5) is 0 Å². The van der Waals surface area contributed by atoms with Gasteiger partial charge in [-0.3, -0.25) is 0 Å². The minimum atomic E-state index is -0.185. The van der Waals surface area contributed by atoms with E-state index in [9.17, 15) is 4.79 Å². The van der Waals surface area contributed by atoms with E-state index in [4.69, 9.17) is 5.26 Å². The minimum absolute atomic E-state index is 0.185. The fourth-order valence-electron chi connectivity index (χ4n) is 1.67. The van der Waals surface area contributed by atoms with Crippen LogP contribution in [-0.2, 0) is 4.79 Å². The topological polar surface area (TPSA) is 40.9 Å². The summed E-state index contributed by atoms with van der Waals surface area (Å²) in [6, 6.07) is 2.13. The molecule has 0 radical (unpaired) electrons. The monoisotopic (exact) mass is 149 g/mol. The second kappa shape index (κ2) is 3.95. The molecule has 0 N–H and O–H groups in total. The molecule has 0 bridgehead atoms. The van der Waals surface area contributed by atoms with Gasteiger partial charge in [0.2, 0.25) is 0 Å². The molecule has 1 unspecified atom stereocenters. The van der Waals surface area contributed by atoms with Crippen molar-refractivity contribution < 1.29 is 4.79 Å². The van der Waals surface area contributed by atoms with Gasteiger partial charge in [0.15, 0.2) is 0 Å². The SMILES string of the molecule is N#CC(C=C=O)C1CCCC1. The molecule has 1 rings (SSSR count). The van der Waals surface area contributed by atoms with Gasteiger partial charge in [0.1, 0.15) is 5.94 Å². The minimum Gasteiger partial charge on any atom is -0.234 e. The van der Waals surface area contributed by atoms with Crippen LogP contribution in [0.5, 0.6) is 0 Å². The van der Waals surface area contributed by atoms with Crippen LogP contribution >= 0.6 is 0 Å². The van der Waals surface area contributed by atoms with Gasteiger partial charge in [-0.15, -0.1) is 0 Å². The third-order valence-electron chi connectivity index (χ3n) is 2.30. The second-order valence-electron chi connectivity index (χ2n) is 2.98. The molecule has 0 spiro atoms. The van der Waals surface area contributed by atoms with Gasteiger partial charge in [0.05, 0.1) is 12.0 Å². The van der Waals surface area contributed by atoms with Crippen LogP contribution in [-0.4, -0.2) is 5.94 Å². The van der Waals surface area contributed by atoms with Crippen molar-refractivity contribution in [3.8, 4) is 6.07 Å². The molecule has 1 aliphatic rings. The molecule has 0 aliphatic heterocycles. The standard InChI is InChI=1S/C9H11NO/c10-7-9(5-6-11)8-3-1-2-4-8/h5,8-9H,1-4H2. The number of nitriles is 1. The highest BCUT2D eigenvalue weighted by Gasteiger charge is 2.22. The maximum absolute atomic E-state index is 10.00. The Morgan fingerprint density at radius 1 is 1.45 bits per heavy atom. The lowest BCUT2D eigenvalue weighted by molar-refractivity contribution is 0.476. The molecule has 0 aromatic carbocycles. The summed E-state index contributed by atoms with van der Waals surface area (Å²) < 4.78 is 0. The van der Waals surface area contributed by atoms with Gasteiger partial charge >= 0.3 is 0 Å². The number of hydrogen-bond acceptors (Lipinski definition) is 2. The normalized spacial score (nSPS) is 20.3. The van der Waals surface area contributed by atoms with Crippen LogP contribution in [0, 0.1) is 23.2 Å². The van der Waals surface area contributed by atoms with Gasteiger partial charge in [0, 0.05) is 6.08 Å². The molecule has 0 aromatic rings. The Labute approximate surface area is 66.5 Å². The molecule has 11 heavy (non-hydrogen) atoms. The summed E-state index contributed by atoms with van der Waals surface area (Å²) in [6.07, 6.45) is 5.95. The molecule has 0 aromatic heterocycles. The van der Waals surface area contributed by atoms with Gasteiger partial charge in [-0.25, -0.2) is 4.79 Å². The van der Waals surface area contributed by atoms with Gasteiger partial charge in [-0.1, -0.05) is 12.8 Å². The lowest BCUT2D eigenvalue weighted by atomic mass is 9.92. The molecular formula is C9H11NO. The molecule has 1 atom stereocenters. The predicted octanol–water partition coefficient (Wildman–Crippen LogP) is 1.70. The third kappa shape index (κ3) is 1.93. The second-order valence-corrected chi connectivity index (χ2v) is 2.98. The van der Waals surface area contributed by atoms with E-state index in [1.807, 2.05) is 0 Å². The first-order valence-electron chi connectivity index (χ1n) is 3.99. The fourth-order valence-corrected chi connectivity index (χ4v) is 1.67. The van der Waals surface area contributed by atoms with E-state index in [0.717, 1.165) is 12.8 Å². The summed E-state index contributed by atoms with van der Waals surface area (Å²) in [5, 5.41) is 8.66. The fraction of sp³-hybridized carbons (Fsp3) is 0.667. The van der Waals surface area contributed by atoms with E-state index in [2.05, 4.69) is 6.07 Å². The maximum Gasteiger partial charge on any atom is 0.121 e. The Morgan fingerprint density at radius 2 is 2.09 bits per heavy atom. The zero-order chi connectivity index (χ0) is 8.10. The van der Waals surface area contributed by atoms with E-state index < -0.39 is 0 Å². The maximum atomic E-state index is 10.00. The summed E-state index contributed by atoms with van der Waals surface area (Å²) >= 11 is 0. The van der Waals surface area contributed by atoms with Crippen molar-refractivity contribution in [2.45, 2.75) is 25.7 Å². The van der Waals surface area contributed by atoms with Crippen LogP contribution in [0.25, 0.3) is 0 Å². The number of hydrogen-bond donors (Lipinski definition) is 0. The van der Waals surface area contributed by atoms with Crippen molar-refractivity contribution in [3.63, 3.8) is 0 Å². The van der Waals surface area contributed by atoms with E-state index in [-0.39, 0.29) is 5.92 Å². The van der Waals surface area contributed by atoms with Gasteiger partial charge in [0.25, 0.3) is 0 Å². The van der Waals surface area contributed by atoms with Crippen LogP contribution in [0.2, 0.25) is 0 Å². The Hall–Kier alpha value is -1.06. The van der Waals surface area contributed by atoms with Crippen molar-refractivity contribution in [2.24, 2.45) is 11.8 Å². The van der Waals surface area contributed by atoms with Crippen molar-refractivity contribution in [1.29, 1.82) is 5.26 Å². The highest BCUT2D eigenvalue weighted by Crippen LogP contribution is 2.31. The molecular weight excluding hydrogens is 138 g/mol. The van der Waals surface area contributed by atoms with Gasteiger partial charge < -0.3 is 0 Å². The summed E-state index contributed by atoms with van der Waals surface area (Å²) in [7, 11) is 0. The molecule has 2 nitrogen and oxygen atoms in total. The van der Waals surface area contributed by atoms with Crippen molar-refractivity contribution in [1.82, 2.24) is 0 Å². The van der Waals surface area contributed by atoms with Crippen LogP contribution in [0.3, 0.4) is 0 Å². The average molecular weight is 149 g/mol. The summed E-state index contributed by atoms with van der Waals surface area (Å²) in [5.41, 5.74) is 0. The van der Waals surface area contributed by atoms with E-state index in [1.54, 1.807) is 5.94 Å². The quantitative estimate of drug-likeness (QED) is 0.561. The highest BCUT2D eigenvalue weighted by molar-refractivity contribution is 5.46. The Morgan fingerprint density at radius 3 is 2.55 bits per heavy atom. The molecule has 0 amide bonds. The van der Waals surface area contributed by atoms with Gasteiger partial charge in [-0.05, 0) is 18.8 Å². The summed E-state index contributed by atoms with van der Waals surface area (Å²) in [5.74, 6) is 1.93. The first-order valence-corrected chi connectivity index (χ1v) is 3.99. The van der Waals surface area contributed by atoms with Crippen molar-refractivity contribution >= 4 is 5.94 Å². The summed E-state index contributed by atoms with van der Waals surface area (Å²) in [6.45, 7) is 0. The smallest absolute Gasteiger partial charge is 0.121 e. The molecule has 2 heteroatoms. The van der Waals surface area contributed by atoms with E-state index in [1.165, 1.54) is 18.9 Å². The molecule has 58 valence electrons. The van der Waals surface area contributed by atoms with Gasteiger partial charge in [-0.2, -0.15) is 5.26 Å². The molecule has 1 saturated carbocycles. The lowest BCUT2D eigenvalue weighted by Crippen LogP contribution is -2.06. The Bertz CT molecular complexity index is 204. The summed E-state index contributed by atoms with van der Waals surface area (Å²) in [4.78, 5) is 10.00. The molecule has 0 saturated heterocycles. The number of nitrogens with zero attached hydrogens (tertiary/aromatic N) is 1. The lowest BCUT2D eigenvalue weighted by Gasteiger charge is -2.09. The molecule has 1 aliphatic carbocycles. The Balaban J connectivity index is 2.55. The van der Waals surface area contributed by atoms with Crippen LogP contribution < -0.4 is 0 Å². The molecule has 1 fully saturated rings. The van der Waals surface area contributed by atoms with E-state index in [0.29, 0.717) is 5.92 Å². The average Bonchev–Trinajstić information content (AvgIpc) is 2.52. The first kappa shape index (κ1) is 8.04. The third-order valence-corrected chi connectivity index (χ3v) is 2.30. The largest absolute Gasteiger partial charge is 0.234 e. The number of allylic oxidation sites excluding steroid dienone is 1. The first-order chi connectivity index (χ1) is 5.38. The predicted molar refractivity (Wildman–Crippen MR) is 41.3 cm³/mol. The zero-order valence-electron chi connectivity index (χ0n) is 6.42. The number of rotatable bonds is 2. The van der Waals surface area contributed by atoms with Crippen molar-refractivity contribution in [3.05, 3.63) is 6.08 Å². The Kier molecular flexibility index (Phi) is 2.89. The molecule has 0 heterocycles.